The molecule has 0 unspecified atom stereocenters. The molecule has 316 valence electrons. The number of benzene rings is 2. The number of sulfonamides is 2. The highest BCUT2D eigenvalue weighted by atomic mass is 32.2. The summed E-state index contributed by atoms with van der Waals surface area (Å²) in [6.07, 6.45) is -5.03. The van der Waals surface area contributed by atoms with Crippen molar-refractivity contribution in [3.63, 3.8) is 0 Å². The quantitative estimate of drug-likeness (QED) is 0.121. The van der Waals surface area contributed by atoms with Crippen LogP contribution in [0.15, 0.2) is 82.6 Å². The van der Waals surface area contributed by atoms with E-state index in [1.807, 2.05) is 0 Å². The van der Waals surface area contributed by atoms with E-state index in [9.17, 15) is 34.4 Å². The molecule has 2 aromatic heterocycles. The molecule has 0 bridgehead atoms. The summed E-state index contributed by atoms with van der Waals surface area (Å²) in [4.78, 5) is 12.9. The van der Waals surface area contributed by atoms with Crippen molar-refractivity contribution < 1.29 is 43.9 Å². The molecule has 2 aromatic carbocycles. The Hall–Kier alpha value is -4.92. The molecule has 4 heterocycles. The smallest absolute Gasteiger partial charge is 0.262 e. The average Bonchev–Trinajstić information content (AvgIpc) is 3.24. The number of rotatable bonds is 14. The van der Waals surface area contributed by atoms with Crippen LogP contribution in [0.3, 0.4) is 0 Å². The van der Waals surface area contributed by atoms with Gasteiger partial charge in [-0.3, -0.25) is 9.44 Å². The van der Waals surface area contributed by atoms with Crippen LogP contribution in [0.1, 0.15) is 36.8 Å². The van der Waals surface area contributed by atoms with Crippen molar-refractivity contribution in [1.29, 1.82) is 0 Å². The average molecular weight is 853 g/mol. The molecule has 0 saturated carbocycles. The van der Waals surface area contributed by atoms with Gasteiger partial charge in [0.05, 0.1) is 24.0 Å². The zero-order valence-corrected chi connectivity index (χ0v) is 34.1. The molecule has 0 aliphatic carbocycles. The maximum atomic E-state index is 12.8. The maximum Gasteiger partial charge on any atom is 0.262 e. The van der Waals surface area contributed by atoms with E-state index in [0.29, 0.717) is 22.8 Å². The zero-order chi connectivity index (χ0) is 42.0. The van der Waals surface area contributed by atoms with Gasteiger partial charge in [0.25, 0.3) is 20.0 Å². The molecule has 4 aromatic rings. The topological polar surface area (TPSA) is 167 Å². The first kappa shape index (κ1) is 44.2. The van der Waals surface area contributed by atoms with E-state index in [1.165, 1.54) is 76.6 Å². The van der Waals surface area contributed by atoms with Gasteiger partial charge < -0.3 is 29.9 Å². The molecule has 20 heteroatoms. The Kier molecular flexibility index (Phi) is 15.0. The molecule has 2 aliphatic heterocycles. The van der Waals surface area contributed by atoms with E-state index in [4.69, 9.17) is 9.47 Å². The zero-order valence-electron chi connectivity index (χ0n) is 32.5. The van der Waals surface area contributed by atoms with Gasteiger partial charge in [-0.2, -0.15) is 9.97 Å². The third-order valence-electron chi connectivity index (χ3n) is 9.64. The number of methoxy groups -OCH3 is 2. The summed E-state index contributed by atoms with van der Waals surface area (Å²) in [5.74, 6) is -0.212. The standard InChI is InChI=1S/2C19H24F2N4O3S/c2*1-13(18(20)21)14-3-5-15(6-4-14)29(26,27)24-16-7-8-17(23-19(16)28-2)25-11-9-22-10-12-25/h2*3-8,13,18,22,24H,9-12H2,1-2H3/t2*13-/m10/s1. The van der Waals surface area contributed by atoms with Gasteiger partial charge in [-0.15, -0.1) is 0 Å². The molecule has 4 N–H and O–H groups in total. The maximum absolute atomic E-state index is 12.8. The first-order valence-electron chi connectivity index (χ1n) is 18.5. The Morgan fingerprint density at radius 1 is 0.569 bits per heavy atom. The molecule has 58 heavy (non-hydrogen) atoms. The lowest BCUT2D eigenvalue weighted by Gasteiger charge is -2.28. The Bertz CT molecular complexity index is 2020. The number of nitrogens with zero attached hydrogens (tertiary/aromatic N) is 4. The Morgan fingerprint density at radius 2 is 0.897 bits per heavy atom. The molecular formula is C38H48F4N8O6S2. The van der Waals surface area contributed by atoms with E-state index in [0.717, 1.165) is 52.4 Å². The van der Waals surface area contributed by atoms with E-state index in [-0.39, 0.29) is 32.9 Å². The Balaban J connectivity index is 0.000000221. The van der Waals surface area contributed by atoms with Gasteiger partial charge in [0.1, 0.15) is 23.0 Å². The third-order valence-corrected chi connectivity index (χ3v) is 12.4. The SMILES string of the molecule is COc1nc(N2CCNCC2)ccc1NS(=O)(=O)c1ccc([C@@H](C)C(F)F)cc1.COc1nc(N2CCNCC2)ccc1NS(=O)(=O)c1ccc([C@H](C)C(F)F)cc1. The van der Waals surface area contributed by atoms with Crippen LogP contribution in [0, 0.1) is 0 Å². The van der Waals surface area contributed by atoms with Gasteiger partial charge in [-0.1, -0.05) is 38.1 Å². The molecule has 0 amide bonds. The summed E-state index contributed by atoms with van der Waals surface area (Å²) in [5.41, 5.74) is 1.16. The van der Waals surface area contributed by atoms with Crippen molar-refractivity contribution in [1.82, 2.24) is 20.6 Å². The second kappa shape index (κ2) is 19.7. The minimum Gasteiger partial charge on any atom is -0.479 e. The van der Waals surface area contributed by atoms with Gasteiger partial charge in [0, 0.05) is 64.2 Å². The second-order valence-corrected chi connectivity index (χ2v) is 16.9. The van der Waals surface area contributed by atoms with Crippen LogP contribution in [0.2, 0.25) is 0 Å². The predicted molar refractivity (Wildman–Crippen MR) is 215 cm³/mol. The van der Waals surface area contributed by atoms with E-state index < -0.39 is 44.7 Å². The van der Waals surface area contributed by atoms with E-state index in [1.54, 1.807) is 24.3 Å². The largest absolute Gasteiger partial charge is 0.479 e. The molecule has 2 saturated heterocycles. The highest BCUT2D eigenvalue weighted by Gasteiger charge is 2.24. The fraction of sp³-hybridized carbons (Fsp3) is 0.421. The molecule has 2 atom stereocenters. The van der Waals surface area contributed by atoms with Crippen LogP contribution < -0.4 is 39.4 Å². The molecule has 0 spiro atoms. The first-order chi connectivity index (χ1) is 27.6. The summed E-state index contributed by atoms with van der Waals surface area (Å²) >= 11 is 0. The number of hydrogen-bond donors (Lipinski definition) is 4. The van der Waals surface area contributed by atoms with Crippen LogP contribution in [0.4, 0.5) is 40.6 Å². The number of nitrogens with one attached hydrogen (secondary N) is 4. The van der Waals surface area contributed by atoms with Crippen molar-refractivity contribution in [3.05, 3.63) is 83.9 Å². The normalized spacial score (nSPS) is 16.0. The third kappa shape index (κ3) is 11.2. The van der Waals surface area contributed by atoms with Gasteiger partial charge in [-0.25, -0.2) is 34.4 Å². The number of anilines is 4. The van der Waals surface area contributed by atoms with Crippen LogP contribution in [0.5, 0.6) is 11.8 Å². The molecular weight excluding hydrogens is 805 g/mol. The fourth-order valence-corrected chi connectivity index (χ4v) is 8.18. The number of aromatic nitrogens is 2. The van der Waals surface area contributed by atoms with Crippen LogP contribution in [-0.2, 0) is 20.0 Å². The van der Waals surface area contributed by atoms with Gasteiger partial charge >= 0.3 is 0 Å². The number of ether oxygens (including phenoxy) is 2. The fourth-order valence-electron chi connectivity index (χ4n) is 6.07. The van der Waals surface area contributed by atoms with Gasteiger partial charge in [0.15, 0.2) is 0 Å². The van der Waals surface area contributed by atoms with Crippen molar-refractivity contribution in [3.8, 4) is 11.8 Å². The highest BCUT2D eigenvalue weighted by molar-refractivity contribution is 7.93. The number of hydrogen-bond acceptors (Lipinski definition) is 12. The van der Waals surface area contributed by atoms with Crippen molar-refractivity contribution in [2.45, 2.75) is 48.3 Å². The van der Waals surface area contributed by atoms with Crippen molar-refractivity contribution in [2.24, 2.45) is 0 Å². The minimum absolute atomic E-state index is 0.0315. The van der Waals surface area contributed by atoms with Crippen LogP contribution in [0.25, 0.3) is 0 Å². The minimum atomic E-state index is -3.93. The van der Waals surface area contributed by atoms with Crippen LogP contribution >= 0.6 is 0 Å². The van der Waals surface area contributed by atoms with E-state index >= 15 is 0 Å². The lowest BCUT2D eigenvalue weighted by Crippen LogP contribution is -2.43. The molecule has 2 fully saturated rings. The number of halogens is 4. The Labute approximate surface area is 336 Å². The lowest BCUT2D eigenvalue weighted by atomic mass is 10.0. The monoisotopic (exact) mass is 852 g/mol. The number of piperazine rings is 2. The predicted octanol–water partition coefficient (Wildman–Crippen LogP) is 5.34. The molecule has 6 rings (SSSR count). The van der Waals surface area contributed by atoms with Crippen molar-refractivity contribution >= 4 is 43.1 Å². The number of pyridine rings is 2. The van der Waals surface area contributed by atoms with E-state index in [2.05, 4.69) is 39.8 Å². The Morgan fingerprint density at radius 3 is 1.19 bits per heavy atom. The molecule has 14 nitrogen and oxygen atoms in total. The van der Waals surface area contributed by atoms with Crippen molar-refractivity contribution in [2.75, 3.05) is 85.8 Å². The second-order valence-electron chi connectivity index (χ2n) is 13.5. The summed E-state index contributed by atoms with van der Waals surface area (Å²) in [7, 11) is -5.02. The highest BCUT2D eigenvalue weighted by Crippen LogP contribution is 2.31. The summed E-state index contributed by atoms with van der Waals surface area (Å²) in [5, 5.41) is 6.51. The van der Waals surface area contributed by atoms with Gasteiger partial charge in [-0.05, 0) is 59.7 Å². The summed E-state index contributed by atoms with van der Waals surface area (Å²) in [6, 6.07) is 17.5. The summed E-state index contributed by atoms with van der Waals surface area (Å²) < 4.78 is 118. The van der Waals surface area contributed by atoms with Crippen LogP contribution in [-0.4, -0.2) is 106 Å². The number of alkyl halides is 4. The van der Waals surface area contributed by atoms with Gasteiger partial charge in [0.2, 0.25) is 24.6 Å². The molecule has 0 radical (unpaired) electrons. The molecule has 2 aliphatic rings. The first-order valence-corrected chi connectivity index (χ1v) is 21.4. The lowest BCUT2D eigenvalue weighted by molar-refractivity contribution is 0.120. The summed E-state index contributed by atoms with van der Waals surface area (Å²) in [6.45, 7) is 9.35.